The van der Waals surface area contributed by atoms with Gasteiger partial charge in [0.25, 0.3) is 0 Å². The Hall–Kier alpha value is -2.25. The van der Waals surface area contributed by atoms with Crippen LogP contribution in [0.2, 0.25) is 5.02 Å². The van der Waals surface area contributed by atoms with E-state index in [0.29, 0.717) is 23.9 Å². The lowest BCUT2D eigenvalue weighted by molar-refractivity contribution is -0.131. The summed E-state index contributed by atoms with van der Waals surface area (Å²) in [5.74, 6) is 0.254. The zero-order valence-corrected chi connectivity index (χ0v) is 19.0. The van der Waals surface area contributed by atoms with Gasteiger partial charge in [-0.2, -0.15) is 0 Å². The van der Waals surface area contributed by atoms with Gasteiger partial charge in [-0.3, -0.25) is 14.5 Å². The lowest BCUT2D eigenvalue weighted by Gasteiger charge is -2.38. The minimum atomic E-state index is -0.0391. The van der Waals surface area contributed by atoms with E-state index in [1.807, 2.05) is 43.0 Å². The molecule has 2 aliphatic heterocycles. The summed E-state index contributed by atoms with van der Waals surface area (Å²) >= 11 is 7.61. The lowest BCUT2D eigenvalue weighted by Crippen LogP contribution is -2.52. The minimum absolute atomic E-state index is 0.0244. The first-order valence-electron chi connectivity index (χ1n) is 10.0. The predicted molar refractivity (Wildman–Crippen MR) is 122 cm³/mol. The van der Waals surface area contributed by atoms with Gasteiger partial charge in [0, 0.05) is 42.6 Å². The van der Waals surface area contributed by atoms with Crippen molar-refractivity contribution in [1.82, 2.24) is 9.88 Å². The molecular weight excluding hydrogens is 420 g/mol. The minimum Gasteiger partial charge on any atom is -0.368 e. The van der Waals surface area contributed by atoms with Crippen molar-refractivity contribution >= 4 is 46.6 Å². The van der Waals surface area contributed by atoms with Crippen LogP contribution in [0.15, 0.2) is 29.3 Å². The molecule has 158 valence electrons. The number of anilines is 2. The monoisotopic (exact) mass is 444 g/mol. The fraction of sp³-hybridized carbons (Fsp3) is 0.409. The fourth-order valence-electron chi connectivity index (χ4n) is 4.08. The second kappa shape index (κ2) is 8.47. The maximum atomic E-state index is 13.0. The van der Waals surface area contributed by atoms with Crippen LogP contribution >= 0.6 is 23.4 Å². The van der Waals surface area contributed by atoms with Gasteiger partial charge in [0.05, 0.1) is 11.4 Å². The van der Waals surface area contributed by atoms with Gasteiger partial charge in [-0.15, -0.1) is 0 Å². The maximum Gasteiger partial charge on any atom is 0.242 e. The van der Waals surface area contributed by atoms with Crippen LogP contribution in [-0.4, -0.2) is 60.2 Å². The van der Waals surface area contributed by atoms with E-state index in [1.165, 1.54) is 17.3 Å². The van der Waals surface area contributed by atoms with E-state index in [2.05, 4.69) is 16.8 Å². The Morgan fingerprint density at radius 3 is 2.57 bits per heavy atom. The van der Waals surface area contributed by atoms with E-state index in [1.54, 1.807) is 4.90 Å². The van der Waals surface area contributed by atoms with Gasteiger partial charge in [-0.25, -0.2) is 4.98 Å². The number of carbonyl (C=O) groups is 2. The largest absolute Gasteiger partial charge is 0.368 e. The highest BCUT2D eigenvalue weighted by molar-refractivity contribution is 8.00. The van der Waals surface area contributed by atoms with Crippen LogP contribution in [0.3, 0.4) is 0 Å². The topological polar surface area (TPSA) is 56.8 Å². The van der Waals surface area contributed by atoms with E-state index in [0.717, 1.165) is 40.7 Å². The quantitative estimate of drug-likeness (QED) is 0.725. The molecule has 2 aromatic rings. The molecule has 0 N–H and O–H groups in total. The molecular formula is C22H25ClN4O2S. The molecule has 1 saturated heterocycles. The Kier molecular flexibility index (Phi) is 5.93. The number of piperazine rings is 1. The highest BCUT2D eigenvalue weighted by atomic mass is 35.5. The highest BCUT2D eigenvalue weighted by Crippen LogP contribution is 2.36. The van der Waals surface area contributed by atoms with Crippen LogP contribution in [0.1, 0.15) is 16.8 Å². The van der Waals surface area contributed by atoms with Crippen molar-refractivity contribution in [1.29, 1.82) is 0 Å². The summed E-state index contributed by atoms with van der Waals surface area (Å²) < 4.78 is 0. The van der Waals surface area contributed by atoms with Gasteiger partial charge in [-0.1, -0.05) is 29.4 Å². The second-order valence-corrected chi connectivity index (χ2v) is 9.20. The first-order chi connectivity index (χ1) is 14.3. The summed E-state index contributed by atoms with van der Waals surface area (Å²) in [6, 6.07) is 7.85. The number of pyridine rings is 1. The predicted octanol–water partition coefficient (Wildman–Crippen LogP) is 3.45. The summed E-state index contributed by atoms with van der Waals surface area (Å²) in [5, 5.41) is 1.55. The van der Waals surface area contributed by atoms with Crippen LogP contribution < -0.4 is 9.80 Å². The van der Waals surface area contributed by atoms with Crippen LogP contribution in [-0.2, 0) is 9.59 Å². The Labute approximate surface area is 186 Å². The zero-order chi connectivity index (χ0) is 21.4. The number of halogens is 1. The molecule has 0 bridgehead atoms. The summed E-state index contributed by atoms with van der Waals surface area (Å²) in [6.45, 7) is 8.78. The molecule has 3 heterocycles. The Bertz CT molecular complexity index is 1000. The Morgan fingerprint density at radius 2 is 1.83 bits per heavy atom. The third-order valence-corrected chi connectivity index (χ3v) is 6.80. The van der Waals surface area contributed by atoms with Crippen molar-refractivity contribution in [3.63, 3.8) is 0 Å². The fourth-order valence-corrected chi connectivity index (χ4v) is 5.28. The van der Waals surface area contributed by atoms with E-state index in [4.69, 9.17) is 11.6 Å². The summed E-state index contributed by atoms with van der Waals surface area (Å²) in [4.78, 5) is 35.9. The molecule has 0 aliphatic carbocycles. The molecule has 0 spiro atoms. The molecule has 2 amide bonds. The second-order valence-electron chi connectivity index (χ2n) is 7.80. The number of benzene rings is 1. The maximum absolute atomic E-state index is 13.0. The van der Waals surface area contributed by atoms with Crippen LogP contribution in [0.25, 0.3) is 0 Å². The number of amides is 2. The number of hydrogen-bond donors (Lipinski definition) is 0. The van der Waals surface area contributed by atoms with E-state index in [9.17, 15) is 9.59 Å². The van der Waals surface area contributed by atoms with Crippen molar-refractivity contribution in [3.8, 4) is 0 Å². The van der Waals surface area contributed by atoms with E-state index >= 15 is 0 Å². The van der Waals surface area contributed by atoms with Crippen molar-refractivity contribution in [2.75, 3.05) is 48.3 Å². The number of aromatic nitrogens is 1. The molecule has 2 aliphatic rings. The lowest BCUT2D eigenvalue weighted by atomic mass is 10.1. The molecule has 1 aromatic heterocycles. The Morgan fingerprint density at radius 1 is 1.10 bits per heavy atom. The number of thioether (sulfide) groups is 1. The normalized spacial score (nSPS) is 16.7. The molecule has 30 heavy (non-hydrogen) atoms. The first kappa shape index (κ1) is 21.0. The standard InChI is InChI=1S/C22H25ClN4O2S/c1-14-4-5-17(23)11-18(14)25-6-8-26(9-7-25)19(28)12-27-20(29)13-30-22-21(27)15(2)10-16(3)24-22/h4-5,10-11H,6-9,12-13H2,1-3H3. The number of hydrogen-bond acceptors (Lipinski definition) is 5. The zero-order valence-electron chi connectivity index (χ0n) is 17.4. The van der Waals surface area contributed by atoms with Gasteiger partial charge in [0.2, 0.25) is 11.8 Å². The average molecular weight is 445 g/mol. The Balaban J connectivity index is 1.45. The highest BCUT2D eigenvalue weighted by Gasteiger charge is 2.31. The number of aryl methyl sites for hydroxylation is 3. The summed E-state index contributed by atoms with van der Waals surface area (Å²) in [6.07, 6.45) is 0. The summed E-state index contributed by atoms with van der Waals surface area (Å²) in [7, 11) is 0. The smallest absolute Gasteiger partial charge is 0.242 e. The third-order valence-electron chi connectivity index (χ3n) is 5.62. The molecule has 1 aromatic carbocycles. The van der Waals surface area contributed by atoms with Gasteiger partial charge < -0.3 is 9.80 Å². The molecule has 0 atom stereocenters. The van der Waals surface area contributed by atoms with E-state index in [-0.39, 0.29) is 18.4 Å². The van der Waals surface area contributed by atoms with Crippen molar-refractivity contribution in [2.24, 2.45) is 0 Å². The first-order valence-corrected chi connectivity index (χ1v) is 11.4. The van der Waals surface area contributed by atoms with Gasteiger partial charge in [0.15, 0.2) is 0 Å². The van der Waals surface area contributed by atoms with E-state index < -0.39 is 0 Å². The van der Waals surface area contributed by atoms with Gasteiger partial charge in [0.1, 0.15) is 11.6 Å². The van der Waals surface area contributed by atoms with Crippen LogP contribution in [0, 0.1) is 20.8 Å². The third kappa shape index (κ3) is 4.14. The molecule has 4 rings (SSSR count). The number of nitrogens with zero attached hydrogens (tertiary/aromatic N) is 4. The molecule has 0 saturated carbocycles. The molecule has 1 fully saturated rings. The molecule has 8 heteroatoms. The number of carbonyl (C=O) groups excluding carboxylic acids is 2. The molecule has 0 unspecified atom stereocenters. The number of rotatable bonds is 3. The average Bonchev–Trinajstić information content (AvgIpc) is 2.71. The van der Waals surface area contributed by atoms with Gasteiger partial charge >= 0.3 is 0 Å². The summed E-state index contributed by atoms with van der Waals surface area (Å²) in [5.41, 5.74) is 4.97. The van der Waals surface area contributed by atoms with Crippen LogP contribution in [0.4, 0.5) is 11.4 Å². The van der Waals surface area contributed by atoms with Crippen LogP contribution in [0.5, 0.6) is 0 Å². The van der Waals surface area contributed by atoms with Crippen molar-refractivity contribution in [3.05, 3.63) is 46.1 Å². The molecule has 6 nitrogen and oxygen atoms in total. The van der Waals surface area contributed by atoms with Gasteiger partial charge in [-0.05, 0) is 50.1 Å². The SMILES string of the molecule is Cc1cc(C)c2c(n1)SCC(=O)N2CC(=O)N1CCN(c2cc(Cl)ccc2C)CC1. The number of fused-ring (bicyclic) bond motifs is 1. The van der Waals surface area contributed by atoms with Crippen molar-refractivity contribution in [2.45, 2.75) is 25.8 Å². The molecule has 0 radical (unpaired) electrons. The van der Waals surface area contributed by atoms with Crippen molar-refractivity contribution < 1.29 is 9.59 Å².